The minimum absolute atomic E-state index is 0.167. The number of nitrogens with zero attached hydrogens (tertiary/aromatic N) is 3. The van der Waals surface area contributed by atoms with Gasteiger partial charge in [0.15, 0.2) is 0 Å². The fourth-order valence-corrected chi connectivity index (χ4v) is 1.56. The topological polar surface area (TPSA) is 89.2 Å². The summed E-state index contributed by atoms with van der Waals surface area (Å²) in [6, 6.07) is 0. The monoisotopic (exact) mass is 256 g/mol. The first-order chi connectivity index (χ1) is 8.47. The molecular formula is C11H20N4O3. The fourth-order valence-electron chi connectivity index (χ4n) is 1.56. The molecule has 102 valence electrons. The second kappa shape index (κ2) is 6.34. The number of rotatable bonds is 6. The summed E-state index contributed by atoms with van der Waals surface area (Å²) in [7, 11) is 2.92. The molecule has 7 heteroatoms. The summed E-state index contributed by atoms with van der Waals surface area (Å²) >= 11 is 0. The van der Waals surface area contributed by atoms with E-state index in [9.17, 15) is 9.59 Å². The lowest BCUT2D eigenvalue weighted by Crippen LogP contribution is -2.40. The van der Waals surface area contributed by atoms with Crippen molar-refractivity contribution in [2.75, 3.05) is 18.5 Å². The van der Waals surface area contributed by atoms with Crippen LogP contribution >= 0.6 is 0 Å². The van der Waals surface area contributed by atoms with Crippen LogP contribution in [-0.2, 0) is 14.1 Å². The van der Waals surface area contributed by atoms with Crippen LogP contribution < -0.4 is 16.6 Å². The van der Waals surface area contributed by atoms with Crippen LogP contribution in [0.4, 0.5) is 5.82 Å². The molecule has 0 radical (unpaired) electrons. The minimum Gasteiger partial charge on any atom is -0.396 e. The number of aliphatic hydroxyl groups excluding tert-OH is 1. The molecule has 0 amide bonds. The van der Waals surface area contributed by atoms with Gasteiger partial charge in [0.05, 0.1) is 0 Å². The SMILES string of the molecule is CC(CO)CCCNc1nn(C)c(=O)n(C)c1=O. The van der Waals surface area contributed by atoms with Crippen molar-refractivity contribution >= 4 is 5.82 Å². The lowest BCUT2D eigenvalue weighted by atomic mass is 10.1. The first-order valence-corrected chi connectivity index (χ1v) is 5.96. The van der Waals surface area contributed by atoms with Gasteiger partial charge in [-0.3, -0.25) is 9.36 Å². The summed E-state index contributed by atoms with van der Waals surface area (Å²) in [6.45, 7) is 2.72. The molecule has 0 aliphatic rings. The molecule has 0 spiro atoms. The molecule has 2 N–H and O–H groups in total. The maximum atomic E-state index is 11.7. The highest BCUT2D eigenvalue weighted by Crippen LogP contribution is 2.03. The highest BCUT2D eigenvalue weighted by molar-refractivity contribution is 5.29. The molecule has 0 aromatic carbocycles. The number of anilines is 1. The molecule has 1 unspecified atom stereocenters. The van der Waals surface area contributed by atoms with Crippen molar-refractivity contribution in [2.24, 2.45) is 20.0 Å². The van der Waals surface area contributed by atoms with E-state index in [1.54, 1.807) is 0 Å². The van der Waals surface area contributed by atoms with Crippen molar-refractivity contribution in [3.8, 4) is 0 Å². The highest BCUT2D eigenvalue weighted by Gasteiger charge is 2.07. The van der Waals surface area contributed by atoms with Gasteiger partial charge in [-0.1, -0.05) is 6.92 Å². The van der Waals surface area contributed by atoms with Crippen molar-refractivity contribution in [1.82, 2.24) is 14.3 Å². The third-order valence-electron chi connectivity index (χ3n) is 2.80. The van der Waals surface area contributed by atoms with E-state index < -0.39 is 11.2 Å². The van der Waals surface area contributed by atoms with E-state index >= 15 is 0 Å². The van der Waals surface area contributed by atoms with Crippen LogP contribution in [-0.4, -0.2) is 32.6 Å². The molecule has 0 aliphatic carbocycles. The Labute approximate surface area is 105 Å². The zero-order chi connectivity index (χ0) is 13.7. The van der Waals surface area contributed by atoms with E-state index in [2.05, 4.69) is 10.4 Å². The molecule has 1 aromatic rings. The predicted molar refractivity (Wildman–Crippen MR) is 68.7 cm³/mol. The van der Waals surface area contributed by atoms with E-state index in [0.29, 0.717) is 6.54 Å². The van der Waals surface area contributed by atoms with Gasteiger partial charge in [0.2, 0.25) is 5.82 Å². The third-order valence-corrected chi connectivity index (χ3v) is 2.80. The maximum Gasteiger partial charge on any atom is 0.346 e. The van der Waals surface area contributed by atoms with Crippen molar-refractivity contribution in [3.63, 3.8) is 0 Å². The Morgan fingerprint density at radius 1 is 1.39 bits per heavy atom. The summed E-state index contributed by atoms with van der Waals surface area (Å²) in [6.07, 6.45) is 1.70. The number of nitrogens with one attached hydrogen (secondary N) is 1. The average molecular weight is 256 g/mol. The van der Waals surface area contributed by atoms with Gasteiger partial charge in [-0.2, -0.15) is 0 Å². The summed E-state index contributed by atoms with van der Waals surface area (Å²) in [5.74, 6) is 0.430. The molecule has 0 aliphatic heterocycles. The van der Waals surface area contributed by atoms with Gasteiger partial charge in [-0.15, -0.1) is 5.10 Å². The lowest BCUT2D eigenvalue weighted by Gasteiger charge is -2.09. The quantitative estimate of drug-likeness (QED) is 0.657. The van der Waals surface area contributed by atoms with Crippen LogP contribution in [0, 0.1) is 5.92 Å². The van der Waals surface area contributed by atoms with Crippen LogP contribution in [0.3, 0.4) is 0 Å². The van der Waals surface area contributed by atoms with Crippen molar-refractivity contribution in [2.45, 2.75) is 19.8 Å². The predicted octanol–water partition coefficient (Wildman–Crippen LogP) is -0.700. The Kier molecular flexibility index (Phi) is 5.08. The molecule has 1 atom stereocenters. The summed E-state index contributed by atoms with van der Waals surface area (Å²) in [5.41, 5.74) is -0.868. The minimum atomic E-state index is -0.445. The molecule has 7 nitrogen and oxygen atoms in total. The molecule has 0 saturated carbocycles. The molecule has 1 rings (SSSR count). The maximum absolute atomic E-state index is 11.7. The largest absolute Gasteiger partial charge is 0.396 e. The lowest BCUT2D eigenvalue weighted by molar-refractivity contribution is 0.229. The van der Waals surface area contributed by atoms with E-state index in [-0.39, 0.29) is 18.3 Å². The molecule has 1 heterocycles. The Balaban J connectivity index is 2.64. The summed E-state index contributed by atoms with van der Waals surface area (Å²) < 4.78 is 2.14. The van der Waals surface area contributed by atoms with Gasteiger partial charge in [-0.05, 0) is 18.8 Å². The number of aryl methyl sites for hydroxylation is 1. The van der Waals surface area contributed by atoms with Crippen LogP contribution in [0.15, 0.2) is 9.59 Å². The van der Waals surface area contributed by atoms with Crippen molar-refractivity contribution in [3.05, 3.63) is 20.8 Å². The van der Waals surface area contributed by atoms with E-state index in [4.69, 9.17) is 5.11 Å². The Morgan fingerprint density at radius 2 is 2.06 bits per heavy atom. The van der Waals surface area contributed by atoms with Crippen LogP contribution in [0.25, 0.3) is 0 Å². The molecular weight excluding hydrogens is 236 g/mol. The molecule has 0 saturated heterocycles. The number of aliphatic hydroxyl groups is 1. The average Bonchev–Trinajstić information content (AvgIpc) is 2.37. The van der Waals surface area contributed by atoms with Crippen LogP contribution in [0.2, 0.25) is 0 Å². The first-order valence-electron chi connectivity index (χ1n) is 5.96. The molecule has 1 aromatic heterocycles. The van der Waals surface area contributed by atoms with E-state index in [1.165, 1.54) is 14.1 Å². The van der Waals surface area contributed by atoms with Crippen molar-refractivity contribution in [1.29, 1.82) is 0 Å². The second-order valence-corrected chi connectivity index (χ2v) is 4.48. The molecule has 0 fully saturated rings. The molecule has 0 bridgehead atoms. The Hall–Kier alpha value is -1.63. The normalized spacial score (nSPS) is 12.4. The second-order valence-electron chi connectivity index (χ2n) is 4.48. The standard InChI is InChI=1S/C11H20N4O3/c1-8(7-16)5-4-6-12-9-10(17)14(2)11(18)15(3)13-9/h8,16H,4-7H2,1-3H3,(H,12,13). The zero-order valence-electron chi connectivity index (χ0n) is 11.0. The molecule has 18 heavy (non-hydrogen) atoms. The number of aromatic nitrogens is 3. The van der Waals surface area contributed by atoms with Gasteiger partial charge >= 0.3 is 5.69 Å². The highest BCUT2D eigenvalue weighted by atomic mass is 16.3. The van der Waals surface area contributed by atoms with Gasteiger partial charge < -0.3 is 10.4 Å². The van der Waals surface area contributed by atoms with E-state index in [0.717, 1.165) is 22.1 Å². The number of hydrogen-bond donors (Lipinski definition) is 2. The Bertz CT molecular complexity index is 506. The van der Waals surface area contributed by atoms with Gasteiger partial charge in [0.25, 0.3) is 5.56 Å². The van der Waals surface area contributed by atoms with Gasteiger partial charge in [0, 0.05) is 27.2 Å². The van der Waals surface area contributed by atoms with Crippen LogP contribution in [0.1, 0.15) is 19.8 Å². The Morgan fingerprint density at radius 3 is 2.67 bits per heavy atom. The fraction of sp³-hybridized carbons (Fsp3) is 0.727. The van der Waals surface area contributed by atoms with Gasteiger partial charge in [-0.25, -0.2) is 9.48 Å². The summed E-state index contributed by atoms with van der Waals surface area (Å²) in [4.78, 5) is 23.1. The van der Waals surface area contributed by atoms with E-state index in [1.807, 2.05) is 6.92 Å². The summed E-state index contributed by atoms with van der Waals surface area (Å²) in [5, 5.41) is 15.7. The smallest absolute Gasteiger partial charge is 0.346 e. The third kappa shape index (κ3) is 3.43. The van der Waals surface area contributed by atoms with Crippen LogP contribution in [0.5, 0.6) is 0 Å². The van der Waals surface area contributed by atoms with Gasteiger partial charge in [0.1, 0.15) is 0 Å². The first kappa shape index (κ1) is 14.4. The number of hydrogen-bond acceptors (Lipinski definition) is 5. The van der Waals surface area contributed by atoms with Crippen molar-refractivity contribution < 1.29 is 5.11 Å². The zero-order valence-corrected chi connectivity index (χ0v) is 11.0.